The Morgan fingerprint density at radius 2 is 2.05 bits per heavy atom. The first-order valence-electron chi connectivity index (χ1n) is 6.06. The summed E-state index contributed by atoms with van der Waals surface area (Å²) in [6, 6.07) is 3.31. The van der Waals surface area contributed by atoms with Gasteiger partial charge in [0.1, 0.15) is 11.1 Å². The quantitative estimate of drug-likeness (QED) is 0.775. The fourth-order valence-corrected chi connectivity index (χ4v) is 1.91. The van der Waals surface area contributed by atoms with Gasteiger partial charge in [0, 0.05) is 32.4 Å². The molecule has 19 heavy (non-hydrogen) atoms. The number of nitrogens with zero attached hydrogens (tertiary/aromatic N) is 3. The lowest BCUT2D eigenvalue weighted by Crippen LogP contribution is -2.40. The van der Waals surface area contributed by atoms with Crippen LogP contribution in [0.3, 0.4) is 0 Å². The molecule has 0 saturated heterocycles. The number of pyridine rings is 1. The first-order valence-corrected chi connectivity index (χ1v) is 6.86. The summed E-state index contributed by atoms with van der Waals surface area (Å²) in [7, 11) is 3.36. The lowest BCUT2D eigenvalue weighted by Gasteiger charge is -2.23. The summed E-state index contributed by atoms with van der Waals surface area (Å²) in [5, 5.41) is 0. The summed E-state index contributed by atoms with van der Waals surface area (Å²) in [5.41, 5.74) is 0.530. The Hall–Kier alpha value is -1.43. The van der Waals surface area contributed by atoms with E-state index in [4.69, 9.17) is 0 Å². The molecule has 1 rings (SSSR count). The maximum atomic E-state index is 12.4. The van der Waals surface area contributed by atoms with E-state index >= 15 is 0 Å². The molecule has 1 heterocycles. The van der Waals surface area contributed by atoms with Crippen LogP contribution >= 0.6 is 15.9 Å². The molecule has 2 amide bonds. The largest absolute Gasteiger partial charge is 0.347 e. The van der Waals surface area contributed by atoms with Gasteiger partial charge in [-0.3, -0.25) is 9.59 Å². The molecule has 0 aliphatic rings. The molecule has 1 aromatic heterocycles. The molecule has 0 aromatic carbocycles. The molecule has 0 aliphatic carbocycles. The van der Waals surface area contributed by atoms with Crippen LogP contribution in [0.2, 0.25) is 0 Å². The molecular weight excluding hydrogens is 310 g/mol. The number of rotatable bonds is 5. The van der Waals surface area contributed by atoms with Gasteiger partial charge >= 0.3 is 0 Å². The zero-order valence-corrected chi connectivity index (χ0v) is 13.0. The van der Waals surface area contributed by atoms with Crippen molar-refractivity contribution in [3.05, 3.63) is 28.5 Å². The average Bonchev–Trinajstić information content (AvgIpc) is 2.37. The topological polar surface area (TPSA) is 53.5 Å². The van der Waals surface area contributed by atoms with Crippen molar-refractivity contribution in [2.24, 2.45) is 0 Å². The fourth-order valence-electron chi connectivity index (χ4n) is 1.55. The van der Waals surface area contributed by atoms with E-state index in [1.54, 1.807) is 37.3 Å². The van der Waals surface area contributed by atoms with E-state index in [0.717, 1.165) is 6.42 Å². The van der Waals surface area contributed by atoms with Gasteiger partial charge in [0.05, 0.1) is 0 Å². The molecule has 6 heteroatoms. The van der Waals surface area contributed by atoms with Crippen LogP contribution < -0.4 is 0 Å². The molecular formula is C13H18BrN3O2. The third kappa shape index (κ3) is 4.63. The summed E-state index contributed by atoms with van der Waals surface area (Å²) < 4.78 is 0.605. The second-order valence-electron chi connectivity index (χ2n) is 4.38. The summed E-state index contributed by atoms with van der Waals surface area (Å²) in [6.45, 7) is 2.63. The third-order valence-corrected chi connectivity index (χ3v) is 3.01. The van der Waals surface area contributed by atoms with Gasteiger partial charge in [-0.1, -0.05) is 6.92 Å². The standard InChI is InChI=1S/C13H18BrN3O2/c1-4-7-17(9-12(18)16(2)3)13(19)10-5-6-15-11(14)8-10/h5-6,8H,4,7,9H2,1-3H3. The van der Waals surface area contributed by atoms with Crippen molar-refractivity contribution in [3.63, 3.8) is 0 Å². The molecule has 0 radical (unpaired) electrons. The Morgan fingerprint density at radius 1 is 1.37 bits per heavy atom. The first-order chi connectivity index (χ1) is 8.95. The van der Waals surface area contributed by atoms with Crippen molar-refractivity contribution in [1.82, 2.24) is 14.8 Å². The Bertz CT molecular complexity index is 463. The summed E-state index contributed by atoms with van der Waals surface area (Å²) in [6.07, 6.45) is 2.37. The van der Waals surface area contributed by atoms with Crippen LogP contribution in [0.4, 0.5) is 0 Å². The highest BCUT2D eigenvalue weighted by molar-refractivity contribution is 9.10. The number of likely N-dealkylation sites (N-methyl/N-ethyl adjacent to an activating group) is 1. The lowest BCUT2D eigenvalue weighted by molar-refractivity contribution is -0.129. The molecule has 0 bridgehead atoms. The van der Waals surface area contributed by atoms with Gasteiger partial charge < -0.3 is 9.80 Å². The summed E-state index contributed by atoms with van der Waals surface area (Å²) in [5.74, 6) is -0.241. The molecule has 0 fully saturated rings. The van der Waals surface area contributed by atoms with Crippen LogP contribution in [0.5, 0.6) is 0 Å². The Kier molecular flexibility index (Phi) is 5.95. The predicted molar refractivity (Wildman–Crippen MR) is 76.8 cm³/mol. The van der Waals surface area contributed by atoms with E-state index < -0.39 is 0 Å². The molecule has 0 unspecified atom stereocenters. The summed E-state index contributed by atoms with van der Waals surface area (Å²) >= 11 is 3.24. The minimum atomic E-state index is -0.153. The van der Waals surface area contributed by atoms with E-state index in [9.17, 15) is 9.59 Å². The number of carbonyl (C=O) groups excluding carboxylic acids is 2. The molecule has 1 aromatic rings. The molecule has 0 saturated carbocycles. The predicted octanol–water partition coefficient (Wildman–Crippen LogP) is 1.78. The smallest absolute Gasteiger partial charge is 0.254 e. The van der Waals surface area contributed by atoms with Crippen LogP contribution in [0.15, 0.2) is 22.9 Å². The number of hydrogen-bond donors (Lipinski definition) is 0. The number of halogens is 1. The molecule has 0 N–H and O–H groups in total. The van der Waals surface area contributed by atoms with Gasteiger partial charge in [0.2, 0.25) is 5.91 Å². The van der Waals surface area contributed by atoms with Crippen molar-refractivity contribution < 1.29 is 9.59 Å². The third-order valence-electron chi connectivity index (χ3n) is 2.58. The van der Waals surface area contributed by atoms with Crippen LogP contribution in [0.25, 0.3) is 0 Å². The van der Waals surface area contributed by atoms with Crippen molar-refractivity contribution in [2.45, 2.75) is 13.3 Å². The van der Waals surface area contributed by atoms with Crippen molar-refractivity contribution in [2.75, 3.05) is 27.2 Å². The van der Waals surface area contributed by atoms with Gasteiger partial charge in [-0.2, -0.15) is 0 Å². The second kappa shape index (κ2) is 7.23. The van der Waals surface area contributed by atoms with Crippen LogP contribution in [0.1, 0.15) is 23.7 Å². The Balaban J connectivity index is 2.86. The zero-order valence-electron chi connectivity index (χ0n) is 11.4. The number of amides is 2. The Morgan fingerprint density at radius 3 is 2.58 bits per heavy atom. The van der Waals surface area contributed by atoms with Crippen molar-refractivity contribution in [3.8, 4) is 0 Å². The maximum absolute atomic E-state index is 12.4. The minimum Gasteiger partial charge on any atom is -0.347 e. The van der Waals surface area contributed by atoms with Crippen molar-refractivity contribution in [1.29, 1.82) is 0 Å². The molecule has 5 nitrogen and oxygen atoms in total. The Labute approximate surface area is 121 Å². The molecule has 0 spiro atoms. The molecule has 0 aliphatic heterocycles. The highest BCUT2D eigenvalue weighted by Crippen LogP contribution is 2.11. The van der Waals surface area contributed by atoms with Crippen LogP contribution in [-0.4, -0.2) is 53.8 Å². The zero-order chi connectivity index (χ0) is 14.4. The van der Waals surface area contributed by atoms with Gasteiger partial charge in [-0.25, -0.2) is 4.98 Å². The maximum Gasteiger partial charge on any atom is 0.254 e. The SMILES string of the molecule is CCCN(CC(=O)N(C)C)C(=O)c1ccnc(Br)c1. The highest BCUT2D eigenvalue weighted by Gasteiger charge is 2.19. The number of carbonyl (C=O) groups is 2. The van der Waals surface area contributed by atoms with Crippen LogP contribution in [0, 0.1) is 0 Å². The average molecular weight is 328 g/mol. The first kappa shape index (κ1) is 15.6. The van der Waals surface area contributed by atoms with Crippen LogP contribution in [-0.2, 0) is 4.79 Å². The number of hydrogen-bond acceptors (Lipinski definition) is 3. The van der Waals surface area contributed by atoms with E-state index in [2.05, 4.69) is 20.9 Å². The lowest BCUT2D eigenvalue weighted by atomic mass is 10.2. The highest BCUT2D eigenvalue weighted by atomic mass is 79.9. The van der Waals surface area contributed by atoms with E-state index in [1.807, 2.05) is 6.92 Å². The normalized spacial score (nSPS) is 10.1. The molecule has 104 valence electrons. The fraction of sp³-hybridized carbons (Fsp3) is 0.462. The minimum absolute atomic E-state index is 0.0880. The monoisotopic (exact) mass is 327 g/mol. The van der Waals surface area contributed by atoms with Gasteiger partial charge in [0.25, 0.3) is 5.91 Å². The number of aromatic nitrogens is 1. The van der Waals surface area contributed by atoms with Gasteiger partial charge in [-0.05, 0) is 34.5 Å². The molecule has 0 atom stereocenters. The van der Waals surface area contributed by atoms with Gasteiger partial charge in [0.15, 0.2) is 0 Å². The van der Waals surface area contributed by atoms with Gasteiger partial charge in [-0.15, -0.1) is 0 Å². The van der Waals surface area contributed by atoms with E-state index in [-0.39, 0.29) is 18.4 Å². The van der Waals surface area contributed by atoms with E-state index in [1.165, 1.54) is 4.90 Å². The van der Waals surface area contributed by atoms with Crippen molar-refractivity contribution >= 4 is 27.7 Å². The second-order valence-corrected chi connectivity index (χ2v) is 5.19. The van der Waals surface area contributed by atoms with E-state index in [0.29, 0.717) is 16.7 Å². The summed E-state index contributed by atoms with van der Waals surface area (Å²) in [4.78, 5) is 31.1.